The topological polar surface area (TPSA) is 166 Å². The number of esters is 1. The van der Waals surface area contributed by atoms with E-state index in [-0.39, 0.29) is 17.1 Å². The van der Waals surface area contributed by atoms with Gasteiger partial charge in [0.15, 0.2) is 17.2 Å². The summed E-state index contributed by atoms with van der Waals surface area (Å²) >= 11 is 2.69. The van der Waals surface area contributed by atoms with Crippen LogP contribution >= 0.6 is 23.1 Å². The van der Waals surface area contributed by atoms with E-state index in [0.717, 1.165) is 16.7 Å². The second-order valence-corrected chi connectivity index (χ2v) is 15.7. The molecule has 0 radical (unpaired) electrons. The van der Waals surface area contributed by atoms with E-state index in [1.54, 1.807) is 38.3 Å². The Bertz CT molecular complexity index is 2180. The van der Waals surface area contributed by atoms with Gasteiger partial charge in [0, 0.05) is 16.0 Å². The maximum Gasteiger partial charge on any atom is 0.356 e. The summed E-state index contributed by atoms with van der Waals surface area (Å²) in [5, 5.41) is 24.4. The Morgan fingerprint density at radius 1 is 0.964 bits per heavy atom. The highest BCUT2D eigenvalue weighted by molar-refractivity contribution is 8.03. The molecular formula is C40H39N9O5S2. The second kappa shape index (κ2) is 16.3. The third-order valence-corrected chi connectivity index (χ3v) is 10.9. The number of hydrogen-bond acceptors (Lipinski definition) is 13. The van der Waals surface area contributed by atoms with Crippen LogP contribution in [-0.4, -0.2) is 84.1 Å². The Morgan fingerprint density at radius 2 is 1.59 bits per heavy atom. The number of thioether (sulfide) groups is 1. The molecule has 16 heteroatoms. The molecule has 2 atom stereocenters. The van der Waals surface area contributed by atoms with E-state index in [1.807, 2.05) is 54.6 Å². The van der Waals surface area contributed by atoms with Crippen molar-refractivity contribution in [3.05, 3.63) is 148 Å². The van der Waals surface area contributed by atoms with Gasteiger partial charge < -0.3 is 20.2 Å². The average molecular weight is 790 g/mol. The first-order valence-corrected chi connectivity index (χ1v) is 19.6. The number of β-lactam (4-membered cyclic amide) rings is 1. The standard InChI is InChI=1S/C40H39N9O5S2/c1-39(2,3)54-37(52)34-31(21-14-22-48-42-25-41-47-48)55-24-30-33(36(51)49(30)34)44-35(50)32(46-53-4)29-23-56-38(43-29)45-40(26-15-8-5-9-16-26,27-17-10-6-11-18-27)28-19-12-7-13-20-28/h5-21,23,25,30,33H,22,24H2,1-4H3,(H,43,45)(H,44,50). The van der Waals surface area contributed by atoms with Crippen LogP contribution in [0, 0.1) is 0 Å². The quantitative estimate of drug-likeness (QED) is 0.0534. The number of hydrogen-bond donors (Lipinski definition) is 2. The van der Waals surface area contributed by atoms with Crippen LogP contribution in [0.2, 0.25) is 0 Å². The van der Waals surface area contributed by atoms with Crippen LogP contribution in [-0.2, 0) is 36.0 Å². The number of carbonyl (C=O) groups is 3. The lowest BCUT2D eigenvalue weighted by molar-refractivity contribution is -0.160. The number of benzene rings is 3. The van der Waals surface area contributed by atoms with Crippen LogP contribution in [0.1, 0.15) is 43.2 Å². The fourth-order valence-corrected chi connectivity index (χ4v) is 8.53. The third kappa shape index (κ3) is 7.83. The molecule has 2 unspecified atom stereocenters. The zero-order valence-corrected chi connectivity index (χ0v) is 32.7. The van der Waals surface area contributed by atoms with Crippen LogP contribution < -0.4 is 10.6 Å². The van der Waals surface area contributed by atoms with Gasteiger partial charge in [-0.15, -0.1) is 33.3 Å². The summed E-state index contributed by atoms with van der Waals surface area (Å²) < 4.78 is 5.71. The lowest BCUT2D eigenvalue weighted by Crippen LogP contribution is -2.73. The van der Waals surface area contributed by atoms with Gasteiger partial charge in [-0.3, -0.25) is 14.5 Å². The summed E-state index contributed by atoms with van der Waals surface area (Å²) in [6.45, 7) is 5.58. The first kappa shape index (κ1) is 38.2. The fraction of sp³-hybridized carbons (Fsp3) is 0.250. The van der Waals surface area contributed by atoms with Crippen LogP contribution in [0.3, 0.4) is 0 Å². The predicted octanol–water partition coefficient (Wildman–Crippen LogP) is 5.14. The second-order valence-electron chi connectivity index (χ2n) is 13.8. The van der Waals surface area contributed by atoms with Crippen LogP contribution in [0.25, 0.3) is 0 Å². The van der Waals surface area contributed by atoms with Gasteiger partial charge >= 0.3 is 5.97 Å². The number of thiazole rings is 1. The van der Waals surface area contributed by atoms with Crippen molar-refractivity contribution in [1.29, 1.82) is 0 Å². The Balaban J connectivity index is 1.14. The van der Waals surface area contributed by atoms with Crippen molar-refractivity contribution < 1.29 is 24.0 Å². The zero-order chi connectivity index (χ0) is 39.3. The molecular weight excluding hydrogens is 751 g/mol. The van der Waals surface area contributed by atoms with Gasteiger partial charge in [-0.2, -0.15) is 4.80 Å². The van der Waals surface area contributed by atoms with Gasteiger partial charge in [0.05, 0.1) is 12.6 Å². The number of aromatic nitrogens is 5. The van der Waals surface area contributed by atoms with Gasteiger partial charge in [0.2, 0.25) is 0 Å². The highest BCUT2D eigenvalue weighted by atomic mass is 32.2. The number of carbonyl (C=O) groups excluding carboxylic acids is 3. The molecule has 2 amide bonds. The van der Waals surface area contributed by atoms with Crippen LogP contribution in [0.15, 0.2) is 131 Å². The number of tetrazole rings is 1. The Morgan fingerprint density at radius 3 is 2.14 bits per heavy atom. The minimum atomic E-state index is -0.933. The Labute approximate surface area is 331 Å². The van der Waals surface area contributed by atoms with Crippen molar-refractivity contribution in [2.24, 2.45) is 5.16 Å². The van der Waals surface area contributed by atoms with E-state index in [2.05, 4.69) is 67.6 Å². The lowest BCUT2D eigenvalue weighted by Gasteiger charge is -2.50. The van der Waals surface area contributed by atoms with E-state index in [4.69, 9.17) is 14.6 Å². The molecule has 14 nitrogen and oxygen atoms in total. The summed E-state index contributed by atoms with van der Waals surface area (Å²) in [6, 6.07) is 28.8. The molecule has 0 bridgehead atoms. The minimum absolute atomic E-state index is 0.107. The highest BCUT2D eigenvalue weighted by Gasteiger charge is 2.54. The number of anilines is 1. The number of rotatable bonds is 13. The van der Waals surface area contributed by atoms with E-state index < -0.39 is 41.0 Å². The first-order chi connectivity index (χ1) is 27.1. The van der Waals surface area contributed by atoms with E-state index in [0.29, 0.717) is 22.3 Å². The number of ether oxygens (including phenoxy) is 1. The fourth-order valence-electron chi connectivity index (χ4n) is 6.58. The van der Waals surface area contributed by atoms with Crippen molar-refractivity contribution >= 4 is 51.7 Å². The zero-order valence-electron chi connectivity index (χ0n) is 31.0. The number of allylic oxidation sites excluding steroid dienone is 2. The smallest absolute Gasteiger partial charge is 0.356 e. The largest absolute Gasteiger partial charge is 0.455 e. The predicted molar refractivity (Wildman–Crippen MR) is 213 cm³/mol. The summed E-state index contributed by atoms with van der Waals surface area (Å²) in [5.74, 6) is -1.34. The highest BCUT2D eigenvalue weighted by Crippen LogP contribution is 2.42. The SMILES string of the molecule is CON=C(C(=O)NC1C(=O)N2C(C(=O)OC(C)(C)C)=C(C=CCn3ncnn3)SCC12)c1csc(NC(c2ccccc2)(c2ccccc2)c2ccccc2)n1. The summed E-state index contributed by atoms with van der Waals surface area (Å²) in [4.78, 5) is 54.6. The summed E-state index contributed by atoms with van der Waals surface area (Å²) in [5.41, 5.74) is 1.57. The average Bonchev–Trinajstić information content (AvgIpc) is 3.91. The normalized spacial score (nSPS) is 17.3. The van der Waals surface area contributed by atoms with Gasteiger partial charge in [-0.25, -0.2) is 9.78 Å². The van der Waals surface area contributed by atoms with Crippen molar-refractivity contribution in [3.8, 4) is 0 Å². The number of amides is 2. The van der Waals surface area contributed by atoms with Gasteiger partial charge in [-0.1, -0.05) is 102 Å². The molecule has 2 aliphatic heterocycles. The Kier molecular flexibility index (Phi) is 11.1. The molecule has 2 aliphatic rings. The molecule has 4 heterocycles. The number of oxime groups is 1. The van der Waals surface area contributed by atoms with Crippen molar-refractivity contribution in [2.75, 3.05) is 18.2 Å². The van der Waals surface area contributed by atoms with Gasteiger partial charge in [0.1, 0.15) is 35.7 Å². The van der Waals surface area contributed by atoms with E-state index in [9.17, 15) is 14.4 Å². The molecule has 3 aromatic carbocycles. The molecule has 2 N–H and O–H groups in total. The maximum atomic E-state index is 13.9. The van der Waals surface area contributed by atoms with Crippen molar-refractivity contribution in [2.45, 2.75) is 50.5 Å². The van der Waals surface area contributed by atoms with Crippen LogP contribution in [0.5, 0.6) is 0 Å². The summed E-state index contributed by atoms with van der Waals surface area (Å²) in [7, 11) is 1.34. The van der Waals surface area contributed by atoms with Crippen molar-refractivity contribution in [3.63, 3.8) is 0 Å². The molecule has 1 fully saturated rings. The molecule has 2 aromatic heterocycles. The van der Waals surface area contributed by atoms with E-state index in [1.165, 1.54) is 46.2 Å². The molecule has 56 heavy (non-hydrogen) atoms. The molecule has 1 saturated heterocycles. The Hall–Kier alpha value is -6.13. The maximum absolute atomic E-state index is 13.9. The third-order valence-electron chi connectivity index (χ3n) is 8.97. The first-order valence-electron chi connectivity index (χ1n) is 17.7. The van der Waals surface area contributed by atoms with Gasteiger partial charge in [-0.05, 0) is 48.8 Å². The number of fused-ring (bicyclic) bond motifs is 1. The molecule has 286 valence electrons. The van der Waals surface area contributed by atoms with Gasteiger partial charge in [0.25, 0.3) is 11.8 Å². The molecule has 7 rings (SSSR count). The number of nitrogens with one attached hydrogen (secondary N) is 2. The molecule has 0 saturated carbocycles. The lowest BCUT2D eigenvalue weighted by atomic mass is 9.77. The summed E-state index contributed by atoms with van der Waals surface area (Å²) in [6.07, 6.45) is 4.84. The molecule has 0 aliphatic carbocycles. The van der Waals surface area contributed by atoms with E-state index >= 15 is 0 Å². The monoisotopic (exact) mass is 789 g/mol. The van der Waals surface area contributed by atoms with Crippen LogP contribution in [0.4, 0.5) is 5.13 Å². The molecule has 5 aromatic rings. The molecule has 0 spiro atoms. The minimum Gasteiger partial charge on any atom is -0.455 e. The van der Waals surface area contributed by atoms with Crippen molar-refractivity contribution in [1.82, 2.24) is 35.4 Å². The number of nitrogens with zero attached hydrogens (tertiary/aromatic N) is 7.